The molecule has 3 aromatic carbocycles. The van der Waals surface area contributed by atoms with Crippen molar-refractivity contribution in [3.8, 4) is 16.9 Å². The molecule has 2 N–H and O–H groups in total. The van der Waals surface area contributed by atoms with Crippen LogP contribution in [0, 0.1) is 6.92 Å². The third-order valence-corrected chi connectivity index (χ3v) is 4.85. The summed E-state index contributed by atoms with van der Waals surface area (Å²) in [7, 11) is 0. The quantitative estimate of drug-likeness (QED) is 0.538. The molecule has 0 saturated heterocycles. The van der Waals surface area contributed by atoms with Crippen LogP contribution in [0.4, 0.5) is 5.69 Å². The van der Waals surface area contributed by atoms with E-state index in [1.807, 2.05) is 30.3 Å². The van der Waals surface area contributed by atoms with Crippen LogP contribution < -0.4 is 5.32 Å². The molecule has 0 unspecified atom stereocenters. The molecule has 0 bridgehead atoms. The number of anilines is 1. The lowest BCUT2D eigenvalue weighted by molar-refractivity contribution is 0.477. The number of nitrogens with one attached hydrogen (secondary N) is 1. The van der Waals surface area contributed by atoms with Crippen LogP contribution in [-0.4, -0.2) is 5.11 Å². The predicted octanol–water partition coefficient (Wildman–Crippen LogP) is 6.29. The van der Waals surface area contributed by atoms with E-state index in [2.05, 4.69) is 29.6 Å². The average molecular weight is 358 g/mol. The molecule has 3 rings (SSSR count). The van der Waals surface area contributed by atoms with E-state index in [0.29, 0.717) is 22.8 Å². The molecule has 0 spiro atoms. The minimum absolute atomic E-state index is 0.0239. The van der Waals surface area contributed by atoms with Gasteiger partial charge in [-0.15, -0.1) is 0 Å². The van der Waals surface area contributed by atoms with Gasteiger partial charge in [0.25, 0.3) is 0 Å². The highest BCUT2D eigenvalue weighted by Gasteiger charge is 2.13. The van der Waals surface area contributed by atoms with Crippen LogP contribution in [0.1, 0.15) is 11.1 Å². The smallest absolute Gasteiger partial charge is 0.157 e. The summed E-state index contributed by atoms with van der Waals surface area (Å²) in [5.74, 6) is 0.0239. The van der Waals surface area contributed by atoms with Crippen molar-refractivity contribution in [2.45, 2.75) is 13.5 Å². The van der Waals surface area contributed by atoms with Gasteiger partial charge in [-0.05, 0) is 35.2 Å². The Morgan fingerprint density at radius 3 is 2.38 bits per heavy atom. The summed E-state index contributed by atoms with van der Waals surface area (Å²) in [6.07, 6.45) is 0. The van der Waals surface area contributed by atoms with Crippen LogP contribution in [-0.2, 0) is 6.54 Å². The summed E-state index contributed by atoms with van der Waals surface area (Å²) < 4.78 is 0. The van der Waals surface area contributed by atoms with Gasteiger partial charge in [0.15, 0.2) is 5.75 Å². The maximum Gasteiger partial charge on any atom is 0.157 e. The zero-order chi connectivity index (χ0) is 17.1. The van der Waals surface area contributed by atoms with Crippen molar-refractivity contribution in [1.82, 2.24) is 0 Å². The molecule has 0 fully saturated rings. The second kappa shape index (κ2) is 7.16. The molecule has 24 heavy (non-hydrogen) atoms. The molecule has 0 heterocycles. The second-order valence-corrected chi connectivity index (χ2v) is 6.36. The number of hydrogen-bond acceptors (Lipinski definition) is 2. The van der Waals surface area contributed by atoms with Gasteiger partial charge in [0.05, 0.1) is 10.7 Å². The van der Waals surface area contributed by atoms with E-state index in [4.69, 9.17) is 23.2 Å². The highest BCUT2D eigenvalue weighted by atomic mass is 35.5. The van der Waals surface area contributed by atoms with E-state index < -0.39 is 0 Å². The Kier molecular flexibility index (Phi) is 4.98. The maximum absolute atomic E-state index is 10.2. The Hall–Kier alpha value is -2.16. The number of phenols is 1. The lowest BCUT2D eigenvalue weighted by Crippen LogP contribution is -2.02. The lowest BCUT2D eigenvalue weighted by Gasteiger charge is -2.15. The first kappa shape index (κ1) is 16.7. The first-order valence-corrected chi connectivity index (χ1v) is 8.38. The van der Waals surface area contributed by atoms with Gasteiger partial charge >= 0.3 is 0 Å². The first-order valence-electron chi connectivity index (χ1n) is 7.62. The topological polar surface area (TPSA) is 32.3 Å². The summed E-state index contributed by atoms with van der Waals surface area (Å²) in [6, 6.07) is 20.1. The van der Waals surface area contributed by atoms with Gasteiger partial charge in [0, 0.05) is 11.6 Å². The van der Waals surface area contributed by atoms with E-state index in [9.17, 15) is 5.11 Å². The fourth-order valence-electron chi connectivity index (χ4n) is 2.60. The van der Waals surface area contributed by atoms with Crippen LogP contribution in [0.15, 0.2) is 60.7 Å². The van der Waals surface area contributed by atoms with Crippen LogP contribution >= 0.6 is 23.2 Å². The van der Waals surface area contributed by atoms with Crippen LogP contribution in [0.2, 0.25) is 10.0 Å². The summed E-state index contributed by atoms with van der Waals surface area (Å²) in [5, 5.41) is 14.2. The second-order valence-electron chi connectivity index (χ2n) is 5.57. The zero-order valence-electron chi connectivity index (χ0n) is 13.2. The SMILES string of the molecule is Cc1c(Cl)cc(NCc2ccccc2-c2ccccc2)c(O)c1Cl. The van der Waals surface area contributed by atoms with E-state index in [-0.39, 0.29) is 10.8 Å². The van der Waals surface area contributed by atoms with Gasteiger partial charge < -0.3 is 10.4 Å². The number of phenolic OH excluding ortho intramolecular Hbond substituents is 1. The number of aromatic hydroxyl groups is 1. The molecule has 0 radical (unpaired) electrons. The average Bonchev–Trinajstić information content (AvgIpc) is 2.63. The van der Waals surface area contributed by atoms with Crippen LogP contribution in [0.3, 0.4) is 0 Å². The summed E-state index contributed by atoms with van der Waals surface area (Å²) >= 11 is 12.3. The molecule has 0 atom stereocenters. The molecular formula is C20H17Cl2NO. The molecule has 2 nitrogen and oxygen atoms in total. The van der Waals surface area contributed by atoms with Crippen molar-refractivity contribution in [1.29, 1.82) is 0 Å². The van der Waals surface area contributed by atoms with Gasteiger partial charge in [-0.25, -0.2) is 0 Å². The van der Waals surface area contributed by atoms with E-state index in [1.165, 1.54) is 0 Å². The fourth-order valence-corrected chi connectivity index (χ4v) is 3.06. The van der Waals surface area contributed by atoms with Crippen molar-refractivity contribution >= 4 is 28.9 Å². The Bertz CT molecular complexity index is 863. The first-order chi connectivity index (χ1) is 11.6. The highest BCUT2D eigenvalue weighted by Crippen LogP contribution is 2.39. The van der Waals surface area contributed by atoms with Gasteiger partial charge in [-0.2, -0.15) is 0 Å². The minimum atomic E-state index is 0.0239. The Morgan fingerprint density at radius 2 is 1.62 bits per heavy atom. The van der Waals surface area contributed by atoms with Crippen molar-refractivity contribution in [2.24, 2.45) is 0 Å². The summed E-state index contributed by atoms with van der Waals surface area (Å²) in [4.78, 5) is 0. The standard InChI is InChI=1S/C20H17Cl2NO/c1-13-17(21)11-18(20(24)19(13)22)23-12-15-9-5-6-10-16(15)14-7-3-2-4-8-14/h2-11,23-24H,12H2,1H3. The highest BCUT2D eigenvalue weighted by molar-refractivity contribution is 6.37. The van der Waals surface area contributed by atoms with E-state index in [1.54, 1.807) is 13.0 Å². The van der Waals surface area contributed by atoms with Gasteiger partial charge in [-0.1, -0.05) is 77.8 Å². The molecule has 0 aliphatic heterocycles. The largest absolute Gasteiger partial charge is 0.504 e. The Morgan fingerprint density at radius 1 is 0.958 bits per heavy atom. The van der Waals surface area contributed by atoms with Crippen molar-refractivity contribution in [2.75, 3.05) is 5.32 Å². The Balaban J connectivity index is 1.89. The minimum Gasteiger partial charge on any atom is -0.504 e. The molecular weight excluding hydrogens is 341 g/mol. The van der Waals surface area contributed by atoms with Gasteiger partial charge in [0.2, 0.25) is 0 Å². The maximum atomic E-state index is 10.2. The summed E-state index contributed by atoms with van der Waals surface area (Å²) in [5.41, 5.74) is 4.62. The molecule has 0 aliphatic rings. The number of halogens is 2. The molecule has 3 aromatic rings. The molecule has 0 aromatic heterocycles. The van der Waals surface area contributed by atoms with Crippen molar-refractivity contribution in [3.05, 3.63) is 81.8 Å². The van der Waals surface area contributed by atoms with Crippen LogP contribution in [0.5, 0.6) is 5.75 Å². The monoisotopic (exact) mass is 357 g/mol. The summed E-state index contributed by atoms with van der Waals surface area (Å²) in [6.45, 7) is 2.33. The molecule has 0 saturated carbocycles. The lowest BCUT2D eigenvalue weighted by atomic mass is 9.99. The van der Waals surface area contributed by atoms with E-state index >= 15 is 0 Å². The Labute approximate surface area is 151 Å². The van der Waals surface area contributed by atoms with Crippen molar-refractivity contribution in [3.63, 3.8) is 0 Å². The molecule has 122 valence electrons. The normalized spacial score (nSPS) is 10.6. The molecule has 0 amide bonds. The fraction of sp³-hybridized carbons (Fsp3) is 0.100. The third kappa shape index (κ3) is 3.35. The number of hydrogen-bond donors (Lipinski definition) is 2. The van der Waals surface area contributed by atoms with E-state index in [0.717, 1.165) is 16.7 Å². The number of benzene rings is 3. The third-order valence-electron chi connectivity index (χ3n) is 3.99. The molecule has 0 aliphatic carbocycles. The van der Waals surface area contributed by atoms with Crippen molar-refractivity contribution < 1.29 is 5.11 Å². The number of rotatable bonds is 4. The zero-order valence-corrected chi connectivity index (χ0v) is 14.7. The van der Waals surface area contributed by atoms with Gasteiger partial charge in [-0.3, -0.25) is 0 Å². The van der Waals surface area contributed by atoms with Gasteiger partial charge in [0.1, 0.15) is 0 Å². The van der Waals surface area contributed by atoms with Crippen LogP contribution in [0.25, 0.3) is 11.1 Å². The predicted molar refractivity (Wildman–Crippen MR) is 102 cm³/mol. The molecule has 4 heteroatoms.